The molecule has 0 bridgehead atoms. The van der Waals surface area contributed by atoms with Crippen molar-refractivity contribution in [2.45, 2.75) is 13.8 Å². The van der Waals surface area contributed by atoms with Gasteiger partial charge in [0, 0.05) is 50.6 Å². The molecule has 2 aliphatic rings. The van der Waals surface area contributed by atoms with Crippen molar-refractivity contribution in [3.63, 3.8) is 0 Å². The highest BCUT2D eigenvalue weighted by Gasteiger charge is 2.43. The Hall–Kier alpha value is -6.00. The van der Waals surface area contributed by atoms with E-state index in [2.05, 4.69) is 186 Å². The minimum atomic E-state index is 0.0750. The van der Waals surface area contributed by atoms with Gasteiger partial charge >= 0.3 is 0 Å². The Kier molecular flexibility index (Phi) is 5.80. The quantitative estimate of drug-likeness (QED) is 0.184. The minimum Gasteiger partial charge on any atom is -0.311 e. The molecule has 0 fully saturated rings. The molecule has 48 heavy (non-hydrogen) atoms. The van der Waals surface area contributed by atoms with Crippen LogP contribution >= 0.6 is 0 Å². The number of fused-ring (bicyclic) bond motifs is 7. The van der Waals surface area contributed by atoms with Crippen molar-refractivity contribution < 1.29 is 0 Å². The maximum Gasteiger partial charge on any atom is 0.252 e. The Morgan fingerprint density at radius 3 is 1.75 bits per heavy atom. The van der Waals surface area contributed by atoms with Crippen LogP contribution in [0, 0.1) is 13.8 Å². The van der Waals surface area contributed by atoms with Crippen LogP contribution in [0.4, 0.5) is 34.1 Å². The Morgan fingerprint density at radius 1 is 0.396 bits per heavy atom. The van der Waals surface area contributed by atoms with Gasteiger partial charge in [0.1, 0.15) is 0 Å². The third-order valence-corrected chi connectivity index (χ3v) is 10.3. The maximum atomic E-state index is 2.50. The van der Waals surface area contributed by atoms with Crippen LogP contribution < -0.4 is 26.2 Å². The molecule has 3 nitrogen and oxygen atoms in total. The van der Waals surface area contributed by atoms with Crippen molar-refractivity contribution >= 4 is 79.0 Å². The first-order chi connectivity index (χ1) is 23.7. The van der Waals surface area contributed by atoms with Crippen LogP contribution in [0.15, 0.2) is 158 Å². The van der Waals surface area contributed by atoms with Gasteiger partial charge in [-0.05, 0) is 97.0 Å². The van der Waals surface area contributed by atoms with Gasteiger partial charge in [-0.15, -0.1) is 0 Å². The molecular weight excluding hydrogens is 581 g/mol. The molecule has 0 N–H and O–H groups in total. The van der Waals surface area contributed by atoms with Crippen LogP contribution in [0.3, 0.4) is 0 Å². The molecule has 226 valence electrons. The Balaban J connectivity index is 1.34. The summed E-state index contributed by atoms with van der Waals surface area (Å²) in [6.07, 6.45) is 0. The molecule has 0 saturated carbocycles. The van der Waals surface area contributed by atoms with Crippen LogP contribution in [-0.4, -0.2) is 11.3 Å². The van der Waals surface area contributed by atoms with Crippen LogP contribution in [0.1, 0.15) is 11.1 Å². The summed E-state index contributed by atoms with van der Waals surface area (Å²) in [5.74, 6) is 0. The molecule has 0 saturated heterocycles. The first-order valence-corrected chi connectivity index (χ1v) is 16.7. The predicted octanol–water partition coefficient (Wildman–Crippen LogP) is 9.48. The van der Waals surface area contributed by atoms with E-state index in [1.807, 2.05) is 0 Å². The summed E-state index contributed by atoms with van der Waals surface area (Å²) in [5, 5.41) is 2.54. The molecule has 0 spiro atoms. The van der Waals surface area contributed by atoms with Crippen LogP contribution in [0.25, 0.3) is 27.5 Å². The summed E-state index contributed by atoms with van der Waals surface area (Å²) in [4.78, 5) is 4.96. The van der Waals surface area contributed by atoms with Crippen LogP contribution in [-0.2, 0) is 0 Å². The molecule has 0 radical (unpaired) electrons. The number of benzene rings is 7. The second-order valence-corrected chi connectivity index (χ2v) is 13.2. The minimum absolute atomic E-state index is 0.0750. The predicted molar refractivity (Wildman–Crippen MR) is 204 cm³/mol. The molecule has 4 heteroatoms. The second-order valence-electron chi connectivity index (χ2n) is 13.2. The van der Waals surface area contributed by atoms with Gasteiger partial charge < -0.3 is 14.4 Å². The summed E-state index contributed by atoms with van der Waals surface area (Å²) in [5.41, 5.74) is 17.4. The van der Waals surface area contributed by atoms with Gasteiger partial charge in [-0.2, -0.15) is 0 Å². The molecule has 0 unspecified atom stereocenters. The third-order valence-electron chi connectivity index (χ3n) is 10.3. The van der Waals surface area contributed by atoms with Crippen molar-refractivity contribution in [2.24, 2.45) is 0 Å². The number of hydrogen-bond acceptors (Lipinski definition) is 2. The van der Waals surface area contributed by atoms with E-state index in [4.69, 9.17) is 0 Å². The number of hydrogen-bond donors (Lipinski definition) is 0. The van der Waals surface area contributed by atoms with E-state index in [0.29, 0.717) is 0 Å². The number of para-hydroxylation sites is 3. The van der Waals surface area contributed by atoms with Gasteiger partial charge in [0.2, 0.25) is 0 Å². The molecule has 3 heterocycles. The average Bonchev–Trinajstić information content (AvgIpc) is 3.45. The highest BCUT2D eigenvalue weighted by Crippen LogP contribution is 2.45. The van der Waals surface area contributed by atoms with E-state index in [0.717, 1.165) is 5.69 Å². The lowest BCUT2D eigenvalue weighted by Gasteiger charge is -2.44. The zero-order valence-electron chi connectivity index (χ0n) is 26.9. The molecule has 0 aliphatic carbocycles. The average molecular weight is 614 g/mol. The molecule has 0 atom stereocenters. The number of aromatic nitrogens is 1. The normalized spacial score (nSPS) is 13.1. The fraction of sp³-hybridized carbons (Fsp3) is 0.0455. The highest BCUT2D eigenvalue weighted by molar-refractivity contribution is 7.00. The molecular formula is C44H32BN3. The van der Waals surface area contributed by atoms with E-state index in [1.54, 1.807) is 0 Å². The summed E-state index contributed by atoms with van der Waals surface area (Å²) in [6, 6.07) is 58.2. The topological polar surface area (TPSA) is 11.4 Å². The molecule has 10 rings (SSSR count). The van der Waals surface area contributed by atoms with Crippen molar-refractivity contribution in [3.05, 3.63) is 169 Å². The first-order valence-electron chi connectivity index (χ1n) is 16.7. The van der Waals surface area contributed by atoms with E-state index < -0.39 is 0 Å². The van der Waals surface area contributed by atoms with E-state index in [-0.39, 0.29) is 6.71 Å². The molecule has 7 aromatic carbocycles. The number of anilines is 6. The number of aryl methyl sites for hydroxylation is 2. The van der Waals surface area contributed by atoms with Crippen molar-refractivity contribution in [3.8, 4) is 5.69 Å². The Morgan fingerprint density at radius 2 is 1.00 bits per heavy atom. The summed E-state index contributed by atoms with van der Waals surface area (Å²) in [7, 11) is 0. The van der Waals surface area contributed by atoms with Crippen LogP contribution in [0.5, 0.6) is 0 Å². The number of rotatable bonds is 3. The fourth-order valence-electron chi connectivity index (χ4n) is 8.20. The maximum absolute atomic E-state index is 2.50. The van der Waals surface area contributed by atoms with Crippen LogP contribution in [0.2, 0.25) is 0 Å². The first kappa shape index (κ1) is 27.1. The fourth-order valence-corrected chi connectivity index (χ4v) is 8.20. The summed E-state index contributed by atoms with van der Waals surface area (Å²) < 4.78 is 2.43. The third kappa shape index (κ3) is 3.83. The second kappa shape index (κ2) is 10.3. The SMILES string of the molecule is Cc1ccc(N2c3ccc(C)cc3B3c4cc5c6ccccc6n(-c6ccccc6)c5cc4N(c4ccccc4)c4cccc2c43)cc1. The van der Waals surface area contributed by atoms with Crippen molar-refractivity contribution in [1.82, 2.24) is 4.57 Å². The zero-order chi connectivity index (χ0) is 31.9. The van der Waals surface area contributed by atoms with Crippen molar-refractivity contribution in [2.75, 3.05) is 9.80 Å². The van der Waals surface area contributed by atoms with Gasteiger partial charge in [0.05, 0.1) is 11.0 Å². The molecule has 0 amide bonds. The van der Waals surface area contributed by atoms with E-state index in [1.165, 1.54) is 83.4 Å². The lowest BCUT2D eigenvalue weighted by Crippen LogP contribution is -2.61. The smallest absolute Gasteiger partial charge is 0.252 e. The number of nitrogens with zero attached hydrogens (tertiary/aromatic N) is 3. The van der Waals surface area contributed by atoms with Gasteiger partial charge in [-0.25, -0.2) is 0 Å². The lowest BCUT2D eigenvalue weighted by atomic mass is 9.33. The van der Waals surface area contributed by atoms with Gasteiger partial charge in [-0.1, -0.05) is 102 Å². The van der Waals surface area contributed by atoms with Crippen molar-refractivity contribution in [1.29, 1.82) is 0 Å². The molecule has 1 aromatic heterocycles. The Labute approximate surface area is 281 Å². The molecule has 8 aromatic rings. The van der Waals surface area contributed by atoms with E-state index in [9.17, 15) is 0 Å². The van der Waals surface area contributed by atoms with E-state index >= 15 is 0 Å². The Bertz CT molecular complexity index is 2530. The summed E-state index contributed by atoms with van der Waals surface area (Å²) >= 11 is 0. The lowest BCUT2D eigenvalue weighted by molar-refractivity contribution is 1.18. The largest absolute Gasteiger partial charge is 0.311 e. The molecule has 2 aliphatic heterocycles. The standard InChI is InChI=1S/C44H32BN3/c1-29-20-23-33(24-21-29)47-39-25-22-30(2)26-36(39)45-37-27-35-34-16-9-10-17-38(34)46(31-12-5-3-6-13-31)42(35)28-43(37)48(32-14-7-4-8-15-32)41-19-11-18-40(47)44(41)45/h3-28H,1-2H3. The monoisotopic (exact) mass is 613 g/mol. The summed E-state index contributed by atoms with van der Waals surface area (Å²) in [6.45, 7) is 4.45. The highest BCUT2D eigenvalue weighted by atomic mass is 15.2. The zero-order valence-corrected chi connectivity index (χ0v) is 26.9. The van der Waals surface area contributed by atoms with Gasteiger partial charge in [0.15, 0.2) is 0 Å². The van der Waals surface area contributed by atoms with Gasteiger partial charge in [-0.3, -0.25) is 0 Å². The van der Waals surface area contributed by atoms with Gasteiger partial charge in [0.25, 0.3) is 6.71 Å².